The van der Waals surface area contributed by atoms with E-state index in [1.165, 1.54) is 31.2 Å². The number of halogens is 1. The van der Waals surface area contributed by atoms with E-state index in [9.17, 15) is 12.8 Å². The van der Waals surface area contributed by atoms with E-state index in [1.807, 2.05) is 6.92 Å². The number of sulfonamides is 1. The third-order valence-corrected chi connectivity index (χ3v) is 3.84. The van der Waals surface area contributed by atoms with Gasteiger partial charge in [0.2, 0.25) is 0 Å². The summed E-state index contributed by atoms with van der Waals surface area (Å²) < 4.78 is 37.5. The van der Waals surface area contributed by atoms with Crippen LogP contribution in [0.1, 0.15) is 18.9 Å². The number of benzene rings is 1. The molecule has 0 aromatic heterocycles. The maximum atomic E-state index is 13.6. The van der Waals surface area contributed by atoms with Gasteiger partial charge in [-0.2, -0.15) is 0 Å². The predicted molar refractivity (Wildman–Crippen MR) is 72.4 cm³/mol. The van der Waals surface area contributed by atoms with Crippen molar-refractivity contribution in [2.45, 2.75) is 24.8 Å². The summed E-state index contributed by atoms with van der Waals surface area (Å²) in [5.41, 5.74) is 0.731. The van der Waals surface area contributed by atoms with Crippen molar-refractivity contribution in [3.63, 3.8) is 0 Å². The standard InChI is InChI=1S/C12H20FN3O2S/c1-4-7-14-9-10-5-6-11(13)12(8-10)19(17,18)15-16(2)3/h5-6,8,14-15H,4,7,9H2,1-3H3. The van der Waals surface area contributed by atoms with Crippen LogP contribution >= 0.6 is 0 Å². The Morgan fingerprint density at radius 1 is 1.32 bits per heavy atom. The predicted octanol–water partition coefficient (Wildman–Crippen LogP) is 1.08. The van der Waals surface area contributed by atoms with Gasteiger partial charge in [-0.1, -0.05) is 13.0 Å². The van der Waals surface area contributed by atoms with Crippen LogP contribution in [-0.2, 0) is 16.6 Å². The molecular formula is C12H20FN3O2S. The Hall–Kier alpha value is -1.02. The van der Waals surface area contributed by atoms with E-state index in [1.54, 1.807) is 6.07 Å². The van der Waals surface area contributed by atoms with Crippen LogP contribution in [0.5, 0.6) is 0 Å². The molecule has 0 aliphatic heterocycles. The highest BCUT2D eigenvalue weighted by Crippen LogP contribution is 2.16. The van der Waals surface area contributed by atoms with Crippen LogP contribution in [0.15, 0.2) is 23.1 Å². The van der Waals surface area contributed by atoms with E-state index >= 15 is 0 Å². The van der Waals surface area contributed by atoms with E-state index in [4.69, 9.17) is 0 Å². The van der Waals surface area contributed by atoms with Gasteiger partial charge in [0.05, 0.1) is 0 Å². The van der Waals surface area contributed by atoms with Crippen LogP contribution < -0.4 is 10.1 Å². The lowest BCUT2D eigenvalue weighted by Crippen LogP contribution is -2.36. The van der Waals surface area contributed by atoms with Gasteiger partial charge in [-0.05, 0) is 30.7 Å². The normalized spacial score (nSPS) is 12.1. The van der Waals surface area contributed by atoms with Gasteiger partial charge < -0.3 is 5.32 Å². The van der Waals surface area contributed by atoms with Gasteiger partial charge in [0.1, 0.15) is 10.7 Å². The van der Waals surface area contributed by atoms with Crippen LogP contribution in [-0.4, -0.2) is 34.1 Å². The molecule has 0 spiro atoms. The van der Waals surface area contributed by atoms with Crippen LogP contribution in [0.2, 0.25) is 0 Å². The summed E-state index contributed by atoms with van der Waals surface area (Å²) >= 11 is 0. The van der Waals surface area contributed by atoms with Gasteiger partial charge in [-0.25, -0.2) is 17.8 Å². The number of hydrogen-bond acceptors (Lipinski definition) is 4. The number of nitrogens with zero attached hydrogens (tertiary/aromatic N) is 1. The molecule has 7 heteroatoms. The van der Waals surface area contributed by atoms with E-state index in [2.05, 4.69) is 10.1 Å². The lowest BCUT2D eigenvalue weighted by Gasteiger charge is -2.14. The molecule has 0 aliphatic carbocycles. The molecule has 0 heterocycles. The van der Waals surface area contributed by atoms with Gasteiger partial charge in [0.25, 0.3) is 10.0 Å². The fourth-order valence-corrected chi connectivity index (χ4v) is 2.77. The van der Waals surface area contributed by atoms with Crippen LogP contribution in [0, 0.1) is 5.82 Å². The monoisotopic (exact) mass is 289 g/mol. The molecule has 0 amide bonds. The van der Waals surface area contributed by atoms with Crippen molar-refractivity contribution in [1.29, 1.82) is 0 Å². The second kappa shape index (κ2) is 6.95. The molecule has 108 valence electrons. The maximum absolute atomic E-state index is 13.6. The summed E-state index contributed by atoms with van der Waals surface area (Å²) in [5, 5.41) is 4.40. The quantitative estimate of drug-likeness (QED) is 0.582. The summed E-state index contributed by atoms with van der Waals surface area (Å²) in [5.74, 6) is -0.756. The number of nitrogens with one attached hydrogen (secondary N) is 2. The molecule has 0 unspecified atom stereocenters. The summed E-state index contributed by atoms with van der Waals surface area (Å²) in [4.78, 5) is 1.88. The van der Waals surface area contributed by atoms with Gasteiger partial charge in [0.15, 0.2) is 0 Å². The average molecular weight is 289 g/mol. The minimum absolute atomic E-state index is 0.336. The summed E-state index contributed by atoms with van der Waals surface area (Å²) in [6.45, 7) is 3.38. The van der Waals surface area contributed by atoms with Gasteiger partial charge in [-0.3, -0.25) is 0 Å². The Morgan fingerprint density at radius 3 is 2.58 bits per heavy atom. The first-order chi connectivity index (χ1) is 8.86. The molecule has 1 rings (SSSR count). The molecule has 1 aromatic carbocycles. The molecule has 19 heavy (non-hydrogen) atoms. The Labute approximate surface area is 113 Å². The van der Waals surface area contributed by atoms with Crippen molar-refractivity contribution >= 4 is 10.0 Å². The molecule has 0 aliphatic rings. The molecule has 0 atom stereocenters. The van der Waals surface area contributed by atoms with Crippen molar-refractivity contribution in [1.82, 2.24) is 15.2 Å². The molecular weight excluding hydrogens is 269 g/mol. The number of rotatable bonds is 7. The molecule has 0 fully saturated rings. The third kappa shape index (κ3) is 4.87. The first kappa shape index (κ1) is 16.0. The SMILES string of the molecule is CCCNCc1ccc(F)c(S(=O)(=O)NN(C)C)c1. The van der Waals surface area contributed by atoms with E-state index in [0.29, 0.717) is 6.54 Å². The van der Waals surface area contributed by atoms with Crippen LogP contribution in [0.4, 0.5) is 4.39 Å². The summed E-state index contributed by atoms with van der Waals surface area (Å²) in [6.07, 6.45) is 0.981. The minimum Gasteiger partial charge on any atom is -0.313 e. The smallest absolute Gasteiger partial charge is 0.256 e. The second-order valence-electron chi connectivity index (χ2n) is 4.43. The van der Waals surface area contributed by atoms with Crippen LogP contribution in [0.3, 0.4) is 0 Å². The topological polar surface area (TPSA) is 61.4 Å². The van der Waals surface area contributed by atoms with Crippen molar-refractivity contribution in [2.75, 3.05) is 20.6 Å². The molecule has 0 saturated carbocycles. The fraction of sp³-hybridized carbons (Fsp3) is 0.500. The Bertz CT molecular complexity index is 518. The average Bonchev–Trinajstić information content (AvgIpc) is 2.29. The zero-order valence-corrected chi connectivity index (χ0v) is 12.2. The Kier molecular flexibility index (Phi) is 5.86. The van der Waals surface area contributed by atoms with E-state index in [-0.39, 0.29) is 4.90 Å². The second-order valence-corrected chi connectivity index (χ2v) is 6.06. The van der Waals surface area contributed by atoms with Gasteiger partial charge in [-0.15, -0.1) is 4.83 Å². The zero-order valence-electron chi connectivity index (χ0n) is 11.4. The van der Waals surface area contributed by atoms with E-state index < -0.39 is 15.8 Å². The third-order valence-electron chi connectivity index (χ3n) is 2.34. The molecule has 2 N–H and O–H groups in total. The minimum atomic E-state index is -3.87. The maximum Gasteiger partial charge on any atom is 0.256 e. The van der Waals surface area contributed by atoms with Gasteiger partial charge >= 0.3 is 0 Å². The first-order valence-electron chi connectivity index (χ1n) is 6.05. The highest BCUT2D eigenvalue weighted by atomic mass is 32.2. The lowest BCUT2D eigenvalue weighted by molar-refractivity contribution is 0.362. The van der Waals surface area contributed by atoms with Crippen molar-refractivity contribution in [3.8, 4) is 0 Å². The fourth-order valence-electron chi connectivity index (χ4n) is 1.56. The molecule has 0 radical (unpaired) electrons. The lowest BCUT2D eigenvalue weighted by atomic mass is 10.2. The van der Waals surface area contributed by atoms with Gasteiger partial charge in [0, 0.05) is 20.6 Å². The Morgan fingerprint density at radius 2 is 2.00 bits per heavy atom. The molecule has 0 saturated heterocycles. The number of hydrazine groups is 1. The largest absolute Gasteiger partial charge is 0.313 e. The summed E-state index contributed by atoms with van der Waals surface area (Å²) in [7, 11) is -0.810. The molecule has 5 nitrogen and oxygen atoms in total. The molecule has 1 aromatic rings. The van der Waals surface area contributed by atoms with Crippen molar-refractivity contribution in [2.24, 2.45) is 0 Å². The zero-order chi connectivity index (χ0) is 14.5. The number of hydrogen-bond donors (Lipinski definition) is 2. The van der Waals surface area contributed by atoms with Crippen LogP contribution in [0.25, 0.3) is 0 Å². The molecule has 0 bridgehead atoms. The van der Waals surface area contributed by atoms with Crippen molar-refractivity contribution < 1.29 is 12.8 Å². The Balaban J connectivity index is 2.97. The highest BCUT2D eigenvalue weighted by molar-refractivity contribution is 7.89. The van der Waals surface area contributed by atoms with Crippen molar-refractivity contribution in [3.05, 3.63) is 29.6 Å². The first-order valence-corrected chi connectivity index (χ1v) is 7.54. The highest BCUT2D eigenvalue weighted by Gasteiger charge is 2.20. The van der Waals surface area contributed by atoms with E-state index in [0.717, 1.165) is 18.5 Å². The summed E-state index contributed by atoms with van der Waals surface area (Å²) in [6, 6.07) is 4.10.